The second-order valence-corrected chi connectivity index (χ2v) is 22.7. The first-order chi connectivity index (χ1) is 44.2. The van der Waals surface area contributed by atoms with Crippen molar-refractivity contribution in [2.75, 3.05) is 42.5 Å². The van der Waals surface area contributed by atoms with Crippen molar-refractivity contribution in [3.63, 3.8) is 0 Å². The van der Waals surface area contributed by atoms with Crippen molar-refractivity contribution in [2.24, 2.45) is 4.99 Å². The third kappa shape index (κ3) is 21.0. The van der Waals surface area contributed by atoms with Gasteiger partial charge >= 0.3 is 24.5 Å². The minimum atomic E-state index is -4.80. The Bertz CT molecular complexity index is 3890. The molecule has 4 heterocycles. The zero-order valence-electron chi connectivity index (χ0n) is 48.3. The van der Waals surface area contributed by atoms with E-state index in [-0.39, 0.29) is 102 Å². The number of rotatable bonds is 11. The van der Waals surface area contributed by atoms with Gasteiger partial charge in [-0.15, -0.1) is 0 Å². The van der Waals surface area contributed by atoms with E-state index in [1.54, 1.807) is 24.3 Å². The van der Waals surface area contributed by atoms with Gasteiger partial charge in [-0.1, -0.05) is 119 Å². The van der Waals surface area contributed by atoms with Crippen molar-refractivity contribution in [1.82, 2.24) is 40.0 Å². The van der Waals surface area contributed by atoms with Gasteiger partial charge in [0.05, 0.1) is 12.1 Å². The van der Waals surface area contributed by atoms with Crippen molar-refractivity contribution in [2.45, 2.75) is 63.3 Å². The molecule has 0 spiro atoms. The quantitative estimate of drug-likeness (QED) is 0.0269. The molecule has 0 bridgehead atoms. The smallest absolute Gasteiger partial charge is 0.435 e. The summed E-state index contributed by atoms with van der Waals surface area (Å²) in [7, 11) is 0. The highest BCUT2D eigenvalue weighted by Crippen LogP contribution is 2.37. The van der Waals surface area contributed by atoms with Crippen LogP contribution in [0.3, 0.4) is 0 Å². The van der Waals surface area contributed by atoms with Gasteiger partial charge in [0.2, 0.25) is 5.96 Å². The van der Waals surface area contributed by atoms with Crippen molar-refractivity contribution >= 4 is 117 Å². The zero-order chi connectivity index (χ0) is 67.0. The fourth-order valence-corrected chi connectivity index (χ4v) is 10.3. The van der Waals surface area contributed by atoms with Crippen LogP contribution in [-0.2, 0) is 35.0 Å². The molecular weight excluding hydrogens is 1330 g/mol. The largest absolute Gasteiger partial charge is 0.445 e. The molecule has 31 heteroatoms. The summed E-state index contributed by atoms with van der Waals surface area (Å²) in [5.74, 6) is -2.97. The lowest BCUT2D eigenvalue weighted by Crippen LogP contribution is -2.40. The normalized spacial score (nSPS) is 13.7. The number of amides is 4. The molecule has 2 saturated heterocycles. The second-order valence-electron chi connectivity index (χ2n) is 20.5. The lowest BCUT2D eigenvalue weighted by atomic mass is 10.1. The number of aliphatic imine (C=N–C) groups is 1. The lowest BCUT2D eigenvalue weighted by Gasteiger charge is -2.32. The highest BCUT2D eigenvalue weighted by atomic mass is 35.5. The van der Waals surface area contributed by atoms with Crippen LogP contribution in [0.1, 0.15) is 81.0 Å². The summed E-state index contributed by atoms with van der Waals surface area (Å²) in [6.07, 6.45) is -9.34. The number of aromatic nitrogens is 4. The second kappa shape index (κ2) is 32.0. The van der Waals surface area contributed by atoms with Crippen LogP contribution in [-0.4, -0.2) is 90.6 Å². The Morgan fingerprint density at radius 1 is 0.548 bits per heavy atom. The minimum Gasteiger partial charge on any atom is -0.445 e. The highest BCUT2D eigenvalue weighted by molar-refractivity contribution is 7.80. The summed E-state index contributed by atoms with van der Waals surface area (Å²) in [4.78, 5) is 57.9. The van der Waals surface area contributed by atoms with Crippen LogP contribution in [0.2, 0.25) is 20.1 Å². The van der Waals surface area contributed by atoms with E-state index in [4.69, 9.17) is 73.8 Å². The summed E-state index contributed by atoms with van der Waals surface area (Å²) < 4.78 is 121. The van der Waals surface area contributed by atoms with Crippen molar-refractivity contribution < 1.29 is 63.8 Å². The Morgan fingerprint density at radius 2 is 1.01 bits per heavy atom. The van der Waals surface area contributed by atoms with Gasteiger partial charge < -0.3 is 35.6 Å². The van der Waals surface area contributed by atoms with Crippen LogP contribution in [0, 0.1) is 11.6 Å². The number of carbonyl (C=O) groups is 4. The van der Waals surface area contributed by atoms with Gasteiger partial charge in [0, 0.05) is 80.9 Å². The van der Waals surface area contributed by atoms with E-state index in [2.05, 4.69) is 36.5 Å². The molecule has 93 heavy (non-hydrogen) atoms. The number of halogens is 12. The van der Waals surface area contributed by atoms with E-state index in [1.807, 2.05) is 60.7 Å². The summed E-state index contributed by atoms with van der Waals surface area (Å²) in [6, 6.07) is 38.4. The number of piperidine rings is 2. The Kier molecular flexibility index (Phi) is 24.1. The van der Waals surface area contributed by atoms with Crippen LogP contribution in [0.25, 0.3) is 0 Å². The molecular formula is C62H54Cl4F8N12O6S. The van der Waals surface area contributed by atoms with Gasteiger partial charge in [-0.3, -0.25) is 20.2 Å². The maximum Gasteiger partial charge on any atom is 0.435 e. The van der Waals surface area contributed by atoms with Crippen LogP contribution < -0.4 is 27.0 Å². The number of guanidine groups is 1. The van der Waals surface area contributed by atoms with E-state index >= 15 is 0 Å². The topological polar surface area (TPSA) is 215 Å². The fraction of sp³-hybridized carbons (Fsp3) is 0.226. The number of ether oxygens (including phenoxy) is 2. The van der Waals surface area contributed by atoms with E-state index in [0.717, 1.165) is 40.1 Å². The van der Waals surface area contributed by atoms with Gasteiger partial charge in [0.15, 0.2) is 22.3 Å². The number of nitrogens with one attached hydrogen (secondary N) is 4. The molecule has 2 aromatic heterocycles. The molecule has 18 nitrogen and oxygen atoms in total. The molecule has 2 fully saturated rings. The summed E-state index contributed by atoms with van der Waals surface area (Å²) in [6.45, 7) is 1.14. The number of thiocarbonyl (C=S) groups is 1. The average molecular weight is 1390 g/mol. The maximum absolute atomic E-state index is 14.1. The monoisotopic (exact) mass is 1390 g/mol. The van der Waals surface area contributed by atoms with Crippen molar-refractivity contribution in [1.29, 1.82) is 0 Å². The number of carbonyl (C=O) groups excluding carboxylic acids is 4. The van der Waals surface area contributed by atoms with Gasteiger partial charge in [0.1, 0.15) is 30.7 Å². The number of nitrogens with two attached hydrogens (primary N) is 1. The number of anilines is 3. The molecule has 0 atom stereocenters. The number of hydrogen-bond acceptors (Lipinski definition) is 11. The Morgan fingerprint density at radius 3 is 1.48 bits per heavy atom. The van der Waals surface area contributed by atoms with Crippen molar-refractivity contribution in [3.8, 4) is 0 Å². The number of alkyl halides is 6. The maximum atomic E-state index is 14.1. The fourth-order valence-electron chi connectivity index (χ4n) is 9.29. The molecule has 0 radical (unpaired) electrons. The molecule has 8 aromatic rings. The van der Waals surface area contributed by atoms with E-state index in [9.17, 15) is 54.3 Å². The van der Waals surface area contributed by atoms with E-state index in [0.29, 0.717) is 28.6 Å². The number of benzene rings is 6. The third-order valence-electron chi connectivity index (χ3n) is 13.7. The average Bonchev–Trinajstić information content (AvgIpc) is 1.68. The van der Waals surface area contributed by atoms with Crippen LogP contribution >= 0.6 is 58.6 Å². The first-order valence-electron chi connectivity index (χ1n) is 28.0. The van der Waals surface area contributed by atoms with Gasteiger partial charge in [-0.25, -0.2) is 27.7 Å². The van der Waals surface area contributed by atoms with E-state index < -0.39 is 71.5 Å². The molecule has 0 saturated carbocycles. The summed E-state index contributed by atoms with van der Waals surface area (Å²) in [5.41, 5.74) is 5.38. The first-order valence-corrected chi connectivity index (χ1v) is 29.9. The lowest BCUT2D eigenvalue weighted by molar-refractivity contribution is -0.142. The SMILES string of the molecule is Nc1cc(F)cc(Cl)c1.O=C(NC(=Nc1cc(C(F)(F)F)nn1C1CCN(C(=O)OCc2ccccc2)CC1)Nc1cc(F)cc(Cl)c1)c1cccc(Cl)c1.O=C(NC(=S)Nc1cc(C(F)(F)F)nn1C1CCN(C(=O)OCc2ccccc2)CC1)c1cccc(Cl)c1. The molecule has 6 aromatic carbocycles. The highest BCUT2D eigenvalue weighted by Gasteiger charge is 2.39. The number of nitrogen functional groups attached to an aromatic ring is 1. The zero-order valence-corrected chi connectivity index (χ0v) is 52.2. The molecule has 0 unspecified atom stereocenters. The molecule has 0 aliphatic carbocycles. The molecule has 2 aliphatic rings. The standard InChI is InChI=1S/C31H26Cl2F4N6O3.C25H23ClF3N5O3S.C6H5ClFN/c32-21-8-4-7-20(13-21)28(44)40-29(38-24-15-22(33)14-23(34)16-24)39-27-17-26(31(35,36)37)41-43(27)25-9-11-42(12-10-25)30(45)46-18-19-5-2-1-3-6-19;26-18-8-4-7-17(13-18)22(35)31-23(38)30-21-14-20(25(27,28)29)32-34(21)19-9-11-33(12-10-19)24(36)37-15-16-5-2-1-3-6-16;7-4-1-5(8)3-6(9)2-4/h1-8,13-17,25H,9-12,18H2,(H2,38,39,40,44);1-8,13-14,19H,9-12,15H2,(H2,30,31,35,38);1-3H,9H2. The van der Waals surface area contributed by atoms with Crippen molar-refractivity contribution in [3.05, 3.63) is 223 Å². The molecule has 6 N–H and O–H groups in total. The number of likely N-dealkylation sites (tertiary alicyclic amines) is 2. The first kappa shape index (κ1) is 69.9. The summed E-state index contributed by atoms with van der Waals surface area (Å²) in [5, 5.41) is 18.6. The van der Waals surface area contributed by atoms with Gasteiger partial charge in [-0.05, 0) is 122 Å². The number of nitrogens with zero attached hydrogens (tertiary/aromatic N) is 7. The van der Waals surface area contributed by atoms with Gasteiger partial charge in [-0.2, -0.15) is 41.5 Å². The Hall–Kier alpha value is -9.02. The minimum absolute atomic E-state index is 0.0289. The summed E-state index contributed by atoms with van der Waals surface area (Å²) >= 11 is 28.5. The van der Waals surface area contributed by atoms with Crippen LogP contribution in [0.5, 0.6) is 0 Å². The van der Waals surface area contributed by atoms with Crippen LogP contribution in [0.4, 0.5) is 67.7 Å². The molecule has 488 valence electrons. The Balaban J connectivity index is 0.000000213. The van der Waals surface area contributed by atoms with Crippen LogP contribution in [0.15, 0.2) is 163 Å². The molecule has 10 rings (SSSR count). The van der Waals surface area contributed by atoms with Gasteiger partial charge in [0.25, 0.3) is 11.8 Å². The predicted octanol–water partition coefficient (Wildman–Crippen LogP) is 15.6. The molecule has 4 amide bonds. The predicted molar refractivity (Wildman–Crippen MR) is 339 cm³/mol. The van der Waals surface area contributed by atoms with E-state index in [1.165, 1.54) is 63.0 Å². The Labute approximate surface area is 551 Å². The third-order valence-corrected chi connectivity index (χ3v) is 14.8. The molecule has 2 aliphatic heterocycles. The number of hydrogen-bond donors (Lipinski definition) is 5.